The van der Waals surface area contributed by atoms with E-state index in [2.05, 4.69) is 5.32 Å². The van der Waals surface area contributed by atoms with Crippen LogP contribution in [0.1, 0.15) is 33.1 Å². The van der Waals surface area contributed by atoms with Crippen molar-refractivity contribution < 1.29 is 13.2 Å². The molecule has 2 rings (SSSR count). The van der Waals surface area contributed by atoms with E-state index in [1.807, 2.05) is 13.8 Å². The van der Waals surface area contributed by atoms with Crippen LogP contribution >= 0.6 is 12.4 Å². The normalized spacial score (nSPS) is 28.2. The third-order valence-electron chi connectivity index (χ3n) is 3.70. The third-order valence-corrected chi connectivity index (χ3v) is 5.62. The van der Waals surface area contributed by atoms with E-state index in [9.17, 15) is 8.42 Å². The summed E-state index contributed by atoms with van der Waals surface area (Å²) in [5.41, 5.74) is 0. The van der Waals surface area contributed by atoms with Crippen LogP contribution in [0.3, 0.4) is 0 Å². The number of fused-ring (bicyclic) bond motifs is 2. The number of sulfonamides is 1. The summed E-state index contributed by atoms with van der Waals surface area (Å²) in [6.45, 7) is 5.86. The lowest BCUT2D eigenvalue weighted by molar-refractivity contribution is 0.0905. The molecule has 2 aliphatic rings. The fourth-order valence-electron chi connectivity index (χ4n) is 2.89. The number of halogens is 1. The van der Waals surface area contributed by atoms with Gasteiger partial charge in [-0.15, -0.1) is 12.4 Å². The van der Waals surface area contributed by atoms with E-state index in [1.165, 1.54) is 0 Å². The predicted molar refractivity (Wildman–Crippen MR) is 78.3 cm³/mol. The zero-order chi connectivity index (χ0) is 13.2. The molecule has 2 saturated heterocycles. The van der Waals surface area contributed by atoms with Crippen LogP contribution in [-0.4, -0.2) is 56.4 Å². The van der Waals surface area contributed by atoms with Crippen LogP contribution in [0, 0.1) is 0 Å². The zero-order valence-electron chi connectivity index (χ0n) is 11.7. The molecule has 0 aliphatic carbocycles. The van der Waals surface area contributed by atoms with Gasteiger partial charge in [-0.2, -0.15) is 4.31 Å². The average molecular weight is 313 g/mol. The monoisotopic (exact) mass is 312 g/mol. The van der Waals surface area contributed by atoms with E-state index in [1.54, 1.807) is 4.31 Å². The second-order valence-corrected chi connectivity index (χ2v) is 7.44. The van der Waals surface area contributed by atoms with Gasteiger partial charge >= 0.3 is 0 Å². The third kappa shape index (κ3) is 4.29. The molecule has 2 aliphatic heterocycles. The van der Waals surface area contributed by atoms with E-state index in [-0.39, 0.29) is 36.3 Å². The molecule has 0 aromatic carbocycles. The van der Waals surface area contributed by atoms with Crippen LogP contribution in [0.25, 0.3) is 0 Å². The Kier molecular flexibility index (Phi) is 6.53. The highest BCUT2D eigenvalue weighted by atomic mass is 35.5. The van der Waals surface area contributed by atoms with Gasteiger partial charge in [0.05, 0.1) is 18.5 Å². The Labute approximate surface area is 122 Å². The van der Waals surface area contributed by atoms with E-state index in [0.717, 1.165) is 32.4 Å². The zero-order valence-corrected chi connectivity index (χ0v) is 13.3. The summed E-state index contributed by atoms with van der Waals surface area (Å²) in [5.74, 6) is 0.109. The molecule has 5 nitrogen and oxygen atoms in total. The summed E-state index contributed by atoms with van der Waals surface area (Å²) in [6.07, 6.45) is 3.02. The summed E-state index contributed by atoms with van der Waals surface area (Å²) >= 11 is 0. The summed E-state index contributed by atoms with van der Waals surface area (Å²) in [5, 5.41) is 3.32. The van der Waals surface area contributed by atoms with Gasteiger partial charge in [-0.3, -0.25) is 0 Å². The number of nitrogens with one attached hydrogen (secondary N) is 1. The van der Waals surface area contributed by atoms with Crippen molar-refractivity contribution in [1.29, 1.82) is 0 Å². The van der Waals surface area contributed by atoms with Crippen LogP contribution in [0.5, 0.6) is 0 Å². The Morgan fingerprint density at radius 3 is 2.63 bits per heavy atom. The molecule has 0 amide bonds. The lowest BCUT2D eigenvalue weighted by Crippen LogP contribution is -2.44. The fraction of sp³-hybridized carbons (Fsp3) is 1.00. The van der Waals surface area contributed by atoms with Gasteiger partial charge in [0.15, 0.2) is 0 Å². The summed E-state index contributed by atoms with van der Waals surface area (Å²) in [6, 6.07) is 0.357. The minimum absolute atomic E-state index is 0. The smallest absolute Gasteiger partial charge is 0.216 e. The molecule has 0 aromatic heterocycles. The highest BCUT2D eigenvalue weighted by molar-refractivity contribution is 7.89. The standard InChI is InChI=1S/C12H24N2O3S.ClH/c1-10(2)17-7-8-18(15,16)14-11-3-4-12(14)9-13-6-5-11;/h10-13H,3-9H2,1-2H3;1H. The lowest BCUT2D eigenvalue weighted by Gasteiger charge is -2.26. The first kappa shape index (κ1) is 17.2. The molecule has 0 spiro atoms. The summed E-state index contributed by atoms with van der Waals surface area (Å²) < 4.78 is 31.9. The molecule has 2 atom stereocenters. The van der Waals surface area contributed by atoms with Crippen molar-refractivity contribution in [3.63, 3.8) is 0 Å². The first-order valence-electron chi connectivity index (χ1n) is 6.84. The van der Waals surface area contributed by atoms with Crippen LogP contribution in [-0.2, 0) is 14.8 Å². The molecule has 0 aromatic rings. The van der Waals surface area contributed by atoms with Crippen molar-refractivity contribution in [2.24, 2.45) is 0 Å². The van der Waals surface area contributed by atoms with Crippen LogP contribution in [0.2, 0.25) is 0 Å². The second kappa shape index (κ2) is 7.22. The molecule has 7 heteroatoms. The molecule has 2 unspecified atom stereocenters. The Balaban J connectivity index is 0.00000180. The molecule has 2 fully saturated rings. The molecule has 2 bridgehead atoms. The molecular formula is C12H25ClN2O3S. The van der Waals surface area contributed by atoms with E-state index < -0.39 is 10.0 Å². The highest BCUT2D eigenvalue weighted by Crippen LogP contribution is 2.30. The van der Waals surface area contributed by atoms with Gasteiger partial charge < -0.3 is 10.1 Å². The van der Waals surface area contributed by atoms with Gasteiger partial charge in [-0.1, -0.05) is 0 Å². The van der Waals surface area contributed by atoms with Crippen molar-refractivity contribution >= 4 is 22.4 Å². The van der Waals surface area contributed by atoms with Crippen molar-refractivity contribution in [2.45, 2.75) is 51.3 Å². The maximum absolute atomic E-state index is 12.4. The number of hydrogen-bond donors (Lipinski definition) is 1. The van der Waals surface area contributed by atoms with Gasteiger partial charge in [-0.05, 0) is 39.7 Å². The van der Waals surface area contributed by atoms with Crippen molar-refractivity contribution in [2.75, 3.05) is 25.4 Å². The molecule has 2 heterocycles. The molecule has 1 N–H and O–H groups in total. The largest absolute Gasteiger partial charge is 0.378 e. The molecule has 19 heavy (non-hydrogen) atoms. The topological polar surface area (TPSA) is 58.6 Å². The number of ether oxygens (including phenoxy) is 1. The number of hydrogen-bond acceptors (Lipinski definition) is 4. The molecule has 0 saturated carbocycles. The number of nitrogens with zero attached hydrogens (tertiary/aromatic N) is 1. The van der Waals surface area contributed by atoms with Gasteiger partial charge in [0, 0.05) is 18.6 Å². The lowest BCUT2D eigenvalue weighted by atomic mass is 10.1. The summed E-state index contributed by atoms with van der Waals surface area (Å²) in [7, 11) is -3.17. The maximum Gasteiger partial charge on any atom is 0.216 e. The van der Waals surface area contributed by atoms with Gasteiger partial charge in [0.1, 0.15) is 0 Å². The van der Waals surface area contributed by atoms with Crippen LogP contribution in [0.4, 0.5) is 0 Å². The highest BCUT2D eigenvalue weighted by Gasteiger charge is 2.41. The average Bonchev–Trinajstić information content (AvgIpc) is 2.52. The van der Waals surface area contributed by atoms with Crippen LogP contribution in [0.15, 0.2) is 0 Å². The Hall–Kier alpha value is 0.120. The fourth-order valence-corrected chi connectivity index (χ4v) is 4.70. The molecule has 0 radical (unpaired) electrons. The first-order valence-corrected chi connectivity index (χ1v) is 8.45. The Morgan fingerprint density at radius 2 is 1.95 bits per heavy atom. The van der Waals surface area contributed by atoms with E-state index in [4.69, 9.17) is 4.74 Å². The quantitative estimate of drug-likeness (QED) is 0.822. The summed E-state index contributed by atoms with van der Waals surface area (Å²) in [4.78, 5) is 0. The van der Waals surface area contributed by atoms with E-state index >= 15 is 0 Å². The van der Waals surface area contributed by atoms with Crippen LogP contribution < -0.4 is 5.32 Å². The predicted octanol–water partition coefficient (Wildman–Crippen LogP) is 0.989. The van der Waals surface area contributed by atoms with Gasteiger partial charge in [0.2, 0.25) is 10.0 Å². The first-order chi connectivity index (χ1) is 8.50. The van der Waals surface area contributed by atoms with Crippen molar-refractivity contribution in [3.05, 3.63) is 0 Å². The van der Waals surface area contributed by atoms with Crippen molar-refractivity contribution in [1.82, 2.24) is 9.62 Å². The maximum atomic E-state index is 12.4. The van der Waals surface area contributed by atoms with Gasteiger partial charge in [0.25, 0.3) is 0 Å². The minimum Gasteiger partial charge on any atom is -0.378 e. The Bertz CT molecular complexity index is 361. The second-order valence-electron chi connectivity index (χ2n) is 5.44. The van der Waals surface area contributed by atoms with Crippen molar-refractivity contribution in [3.8, 4) is 0 Å². The molecule has 114 valence electrons. The van der Waals surface area contributed by atoms with Gasteiger partial charge in [-0.25, -0.2) is 8.42 Å². The SMILES string of the molecule is CC(C)OCCS(=O)(=O)N1C2CCNCC1CC2.Cl. The molecular weight excluding hydrogens is 288 g/mol. The number of rotatable bonds is 5. The Morgan fingerprint density at radius 1 is 1.26 bits per heavy atom. The van der Waals surface area contributed by atoms with E-state index in [0.29, 0.717) is 6.61 Å². The minimum atomic E-state index is -3.17.